The zero-order valence-electron chi connectivity index (χ0n) is 10.8. The van der Waals surface area contributed by atoms with E-state index in [2.05, 4.69) is 16.8 Å². The van der Waals surface area contributed by atoms with Crippen LogP contribution in [-0.2, 0) is 6.54 Å². The summed E-state index contributed by atoms with van der Waals surface area (Å²) in [6.45, 7) is 4.04. The molecule has 0 radical (unpaired) electrons. The zero-order valence-corrected chi connectivity index (χ0v) is 12.3. The molecule has 0 aliphatic heterocycles. The molecule has 1 aromatic rings. The second kappa shape index (κ2) is 6.74. The molecule has 4 heteroatoms. The molecule has 18 heavy (non-hydrogen) atoms. The van der Waals surface area contributed by atoms with Crippen molar-refractivity contribution in [2.75, 3.05) is 6.54 Å². The number of pyridine rings is 1. The summed E-state index contributed by atoms with van der Waals surface area (Å²) in [4.78, 5) is 6.82. The molecule has 2 nitrogen and oxygen atoms in total. The molecule has 2 rings (SSSR count). The Balaban J connectivity index is 2.06. The number of aromatic nitrogens is 1. The van der Waals surface area contributed by atoms with Gasteiger partial charge in [-0.25, -0.2) is 4.98 Å². The standard InChI is InChI=1S/C14H20Cl2N2/c1-2-18(11-6-4-3-5-7-11)10-13-12(15)8-9-14(16)17-13/h8-9,11H,2-7,10H2,1H3. The fraction of sp³-hybridized carbons (Fsp3) is 0.643. The van der Waals surface area contributed by atoms with Crippen LogP contribution in [0.15, 0.2) is 12.1 Å². The third-order valence-electron chi connectivity index (χ3n) is 3.73. The Hall–Kier alpha value is -0.310. The summed E-state index contributed by atoms with van der Waals surface area (Å²) in [5.41, 5.74) is 0.900. The second-order valence-electron chi connectivity index (χ2n) is 4.92. The van der Waals surface area contributed by atoms with Crippen molar-refractivity contribution in [1.82, 2.24) is 9.88 Å². The van der Waals surface area contributed by atoms with Crippen LogP contribution in [0.3, 0.4) is 0 Å². The van der Waals surface area contributed by atoms with Crippen LogP contribution in [0.2, 0.25) is 10.2 Å². The maximum atomic E-state index is 6.19. The Labute approximate surface area is 119 Å². The van der Waals surface area contributed by atoms with Gasteiger partial charge in [-0.2, -0.15) is 0 Å². The number of hydrogen-bond acceptors (Lipinski definition) is 2. The molecule has 1 fully saturated rings. The zero-order chi connectivity index (χ0) is 13.0. The average molecular weight is 287 g/mol. The number of nitrogens with zero attached hydrogens (tertiary/aromatic N) is 2. The minimum atomic E-state index is 0.522. The lowest BCUT2D eigenvalue weighted by Gasteiger charge is -2.33. The molecule has 1 aromatic heterocycles. The lowest BCUT2D eigenvalue weighted by atomic mass is 9.94. The van der Waals surface area contributed by atoms with Gasteiger partial charge in [-0.05, 0) is 31.5 Å². The first-order valence-corrected chi connectivity index (χ1v) is 7.51. The van der Waals surface area contributed by atoms with E-state index in [9.17, 15) is 0 Å². The van der Waals surface area contributed by atoms with Gasteiger partial charge in [-0.1, -0.05) is 49.4 Å². The van der Waals surface area contributed by atoms with E-state index in [0.29, 0.717) is 16.2 Å². The average Bonchev–Trinajstić information content (AvgIpc) is 2.41. The topological polar surface area (TPSA) is 16.1 Å². The van der Waals surface area contributed by atoms with Crippen LogP contribution >= 0.6 is 23.2 Å². The van der Waals surface area contributed by atoms with Gasteiger partial charge in [0.1, 0.15) is 5.15 Å². The first-order valence-electron chi connectivity index (χ1n) is 6.75. The molecule has 0 atom stereocenters. The molecule has 0 saturated heterocycles. The van der Waals surface area contributed by atoms with E-state index < -0.39 is 0 Å². The first-order chi connectivity index (χ1) is 8.70. The highest BCUT2D eigenvalue weighted by atomic mass is 35.5. The van der Waals surface area contributed by atoms with E-state index in [1.54, 1.807) is 6.07 Å². The van der Waals surface area contributed by atoms with Crippen molar-refractivity contribution in [2.24, 2.45) is 0 Å². The number of rotatable bonds is 4. The van der Waals surface area contributed by atoms with E-state index in [4.69, 9.17) is 23.2 Å². The van der Waals surface area contributed by atoms with Crippen molar-refractivity contribution in [3.63, 3.8) is 0 Å². The van der Waals surface area contributed by atoms with Crippen molar-refractivity contribution in [1.29, 1.82) is 0 Å². The molecule has 0 bridgehead atoms. The third-order valence-corrected chi connectivity index (χ3v) is 4.29. The fourth-order valence-electron chi connectivity index (χ4n) is 2.71. The SMILES string of the molecule is CCN(Cc1nc(Cl)ccc1Cl)C1CCCCC1. The number of halogens is 2. The Morgan fingerprint density at radius 1 is 1.22 bits per heavy atom. The summed E-state index contributed by atoms with van der Waals surface area (Å²) in [6, 6.07) is 4.26. The molecule has 0 amide bonds. The quantitative estimate of drug-likeness (QED) is 0.756. The third kappa shape index (κ3) is 3.59. The molecular weight excluding hydrogens is 267 g/mol. The van der Waals surface area contributed by atoms with Crippen molar-refractivity contribution < 1.29 is 0 Å². The summed E-state index contributed by atoms with van der Waals surface area (Å²) in [6.07, 6.45) is 6.66. The highest BCUT2D eigenvalue weighted by Gasteiger charge is 2.21. The molecular formula is C14H20Cl2N2. The number of hydrogen-bond donors (Lipinski definition) is 0. The normalized spacial score (nSPS) is 17.3. The second-order valence-corrected chi connectivity index (χ2v) is 5.71. The van der Waals surface area contributed by atoms with Crippen molar-refractivity contribution in [2.45, 2.75) is 51.6 Å². The summed E-state index contributed by atoms with van der Waals surface area (Å²) < 4.78 is 0. The van der Waals surface area contributed by atoms with Gasteiger partial charge >= 0.3 is 0 Å². The van der Waals surface area contributed by atoms with Crippen LogP contribution in [0.1, 0.15) is 44.7 Å². The molecule has 0 aromatic carbocycles. The molecule has 100 valence electrons. The van der Waals surface area contributed by atoms with Crippen LogP contribution < -0.4 is 0 Å². The van der Waals surface area contributed by atoms with Crippen LogP contribution in [0.5, 0.6) is 0 Å². The molecule has 0 unspecified atom stereocenters. The monoisotopic (exact) mass is 286 g/mol. The van der Waals surface area contributed by atoms with Gasteiger partial charge in [0.25, 0.3) is 0 Å². The fourth-order valence-corrected chi connectivity index (χ4v) is 3.04. The smallest absolute Gasteiger partial charge is 0.129 e. The van der Waals surface area contributed by atoms with E-state index in [1.165, 1.54) is 32.1 Å². The molecule has 0 N–H and O–H groups in total. The summed E-state index contributed by atoms with van der Waals surface area (Å²) in [7, 11) is 0. The predicted octanol–water partition coefficient (Wildman–Crippen LogP) is 4.54. The van der Waals surface area contributed by atoms with Crippen molar-refractivity contribution in [3.8, 4) is 0 Å². The van der Waals surface area contributed by atoms with E-state index >= 15 is 0 Å². The molecule has 1 aliphatic carbocycles. The highest BCUT2D eigenvalue weighted by Crippen LogP contribution is 2.25. The lowest BCUT2D eigenvalue weighted by molar-refractivity contribution is 0.154. The lowest BCUT2D eigenvalue weighted by Crippen LogP contribution is -2.36. The van der Waals surface area contributed by atoms with Crippen LogP contribution in [0.4, 0.5) is 0 Å². The van der Waals surface area contributed by atoms with Gasteiger partial charge in [-0.15, -0.1) is 0 Å². The van der Waals surface area contributed by atoms with Gasteiger partial charge in [0.2, 0.25) is 0 Å². The maximum Gasteiger partial charge on any atom is 0.129 e. The van der Waals surface area contributed by atoms with Gasteiger partial charge in [0.15, 0.2) is 0 Å². The summed E-state index contributed by atoms with van der Waals surface area (Å²) >= 11 is 12.1. The molecule has 1 heterocycles. The van der Waals surface area contributed by atoms with E-state index in [0.717, 1.165) is 18.8 Å². The van der Waals surface area contributed by atoms with Crippen LogP contribution in [-0.4, -0.2) is 22.5 Å². The highest BCUT2D eigenvalue weighted by molar-refractivity contribution is 6.32. The minimum absolute atomic E-state index is 0.522. The summed E-state index contributed by atoms with van der Waals surface area (Å²) in [5, 5.41) is 1.24. The van der Waals surface area contributed by atoms with Crippen molar-refractivity contribution in [3.05, 3.63) is 28.0 Å². The molecule has 1 aliphatic rings. The largest absolute Gasteiger partial charge is 0.295 e. The summed E-state index contributed by atoms with van der Waals surface area (Å²) in [5.74, 6) is 0. The van der Waals surface area contributed by atoms with Crippen molar-refractivity contribution >= 4 is 23.2 Å². The van der Waals surface area contributed by atoms with Gasteiger partial charge in [-0.3, -0.25) is 4.90 Å². The Kier molecular flexibility index (Phi) is 5.28. The Morgan fingerprint density at radius 3 is 2.61 bits per heavy atom. The van der Waals surface area contributed by atoms with Gasteiger partial charge in [0, 0.05) is 12.6 Å². The van der Waals surface area contributed by atoms with Gasteiger partial charge in [0.05, 0.1) is 10.7 Å². The Bertz CT molecular complexity index is 389. The van der Waals surface area contributed by atoms with Crippen LogP contribution in [0, 0.1) is 0 Å². The van der Waals surface area contributed by atoms with Crippen LogP contribution in [0.25, 0.3) is 0 Å². The van der Waals surface area contributed by atoms with E-state index in [1.807, 2.05) is 6.07 Å². The van der Waals surface area contributed by atoms with E-state index in [-0.39, 0.29) is 0 Å². The predicted molar refractivity (Wildman–Crippen MR) is 77.2 cm³/mol. The van der Waals surface area contributed by atoms with Gasteiger partial charge < -0.3 is 0 Å². The molecule has 1 saturated carbocycles. The Morgan fingerprint density at radius 2 is 1.94 bits per heavy atom. The maximum absolute atomic E-state index is 6.19. The minimum Gasteiger partial charge on any atom is -0.295 e. The first kappa shape index (κ1) is 14.1. The molecule has 0 spiro atoms.